The van der Waals surface area contributed by atoms with Crippen LogP contribution < -0.4 is 9.62 Å². The molecule has 0 bridgehead atoms. The molecule has 0 saturated carbocycles. The molecule has 2 aromatic rings. The largest absolute Gasteiger partial charge is 0.490 e. The number of pyridine rings is 1. The van der Waals surface area contributed by atoms with E-state index in [1.165, 1.54) is 30.7 Å². The number of carboxylic acid groups (broad SMARTS) is 2. The summed E-state index contributed by atoms with van der Waals surface area (Å²) in [6, 6.07) is 6.65. The van der Waals surface area contributed by atoms with Gasteiger partial charge in [0, 0.05) is 19.6 Å². The maximum atomic E-state index is 13.1. The van der Waals surface area contributed by atoms with E-state index < -0.39 is 28.1 Å². The molecule has 3 heterocycles. The Bertz CT molecular complexity index is 1400. The molecule has 1 aromatic heterocycles. The third kappa shape index (κ3) is 8.12. The van der Waals surface area contributed by atoms with Crippen molar-refractivity contribution in [3.8, 4) is 0 Å². The van der Waals surface area contributed by atoms with Gasteiger partial charge in [-0.25, -0.2) is 23.0 Å². The van der Waals surface area contributed by atoms with Crippen LogP contribution in [0.25, 0.3) is 0 Å². The van der Waals surface area contributed by atoms with Crippen LogP contribution in [0.15, 0.2) is 35.4 Å². The third-order valence-corrected chi connectivity index (χ3v) is 9.13. The number of hydrogen-bond acceptors (Lipinski definition) is 7. The molecule has 14 heteroatoms. The van der Waals surface area contributed by atoms with Gasteiger partial charge < -0.3 is 20.0 Å². The zero-order valence-corrected chi connectivity index (χ0v) is 23.9. The number of sulfonamides is 1. The molecule has 42 heavy (non-hydrogen) atoms. The number of carbonyl (C=O) groups is 2. The first-order valence-corrected chi connectivity index (χ1v) is 15.5. The Morgan fingerprint density at radius 1 is 0.976 bits per heavy atom. The number of halogens is 3. The van der Waals surface area contributed by atoms with Crippen LogP contribution in [0, 0.1) is 5.92 Å². The van der Waals surface area contributed by atoms with Crippen LogP contribution in [0.1, 0.15) is 60.0 Å². The maximum Gasteiger partial charge on any atom is 0.490 e. The number of nitrogens with zero attached hydrogens (tertiary/aromatic N) is 3. The molecule has 3 N–H and O–H groups in total. The fourth-order valence-electron chi connectivity index (χ4n) is 5.75. The highest BCUT2D eigenvalue weighted by atomic mass is 32.2. The van der Waals surface area contributed by atoms with Gasteiger partial charge in [0.05, 0.1) is 16.8 Å². The number of likely N-dealkylation sites (tertiary alicyclic amines) is 1. The number of aryl methyl sites for hydroxylation is 2. The number of aliphatic carboxylic acids is 1. The van der Waals surface area contributed by atoms with E-state index in [-0.39, 0.29) is 16.1 Å². The van der Waals surface area contributed by atoms with E-state index in [9.17, 15) is 31.5 Å². The van der Waals surface area contributed by atoms with Gasteiger partial charge >= 0.3 is 18.1 Å². The van der Waals surface area contributed by atoms with Crippen molar-refractivity contribution in [2.24, 2.45) is 5.92 Å². The Morgan fingerprint density at radius 3 is 2.29 bits per heavy atom. The van der Waals surface area contributed by atoms with Crippen LogP contribution in [0.4, 0.5) is 24.7 Å². The fourth-order valence-corrected chi connectivity index (χ4v) is 6.83. The number of anilines is 2. The van der Waals surface area contributed by atoms with Crippen molar-refractivity contribution in [2.75, 3.05) is 42.3 Å². The van der Waals surface area contributed by atoms with E-state index in [0.717, 1.165) is 76.8 Å². The Kier molecular flexibility index (Phi) is 9.97. The zero-order valence-electron chi connectivity index (χ0n) is 23.1. The molecule has 1 unspecified atom stereocenters. The predicted molar refractivity (Wildman–Crippen MR) is 149 cm³/mol. The Balaban J connectivity index is 0.000000517. The van der Waals surface area contributed by atoms with E-state index in [2.05, 4.69) is 19.5 Å². The fraction of sp³-hybridized carbons (Fsp3) is 0.536. The molecule has 1 aliphatic carbocycles. The number of nitrogens with one attached hydrogen (secondary N) is 1. The highest BCUT2D eigenvalue weighted by molar-refractivity contribution is 7.92. The summed E-state index contributed by atoms with van der Waals surface area (Å²) in [5, 5.41) is 17.0. The second kappa shape index (κ2) is 13.3. The summed E-state index contributed by atoms with van der Waals surface area (Å²) in [6.45, 7) is 4.86. The minimum absolute atomic E-state index is 0.0254. The van der Waals surface area contributed by atoms with Crippen LogP contribution in [0.5, 0.6) is 0 Å². The van der Waals surface area contributed by atoms with Crippen molar-refractivity contribution in [1.82, 2.24) is 9.88 Å². The zero-order chi connectivity index (χ0) is 30.5. The van der Waals surface area contributed by atoms with Crippen LogP contribution in [0.3, 0.4) is 0 Å². The van der Waals surface area contributed by atoms with Gasteiger partial charge in [-0.05, 0) is 99.7 Å². The van der Waals surface area contributed by atoms with Crippen molar-refractivity contribution < 1.29 is 41.4 Å². The molecule has 5 rings (SSSR count). The normalized spacial score (nSPS) is 19.4. The SMILES string of the molecule is O=C(O)C(F)(F)F.O=C(O)c1cc(NS(=O)(=O)c2ccc3c(c2)CCCC3)cnc1N1CCCC(CN2CCCC2)C1. The van der Waals surface area contributed by atoms with E-state index >= 15 is 0 Å². The van der Waals surface area contributed by atoms with Gasteiger partial charge in [-0.15, -0.1) is 0 Å². The first kappa shape index (κ1) is 31.5. The molecule has 0 radical (unpaired) electrons. The summed E-state index contributed by atoms with van der Waals surface area (Å²) in [6.07, 6.45) is 5.03. The van der Waals surface area contributed by atoms with E-state index in [0.29, 0.717) is 11.7 Å². The number of benzene rings is 1. The summed E-state index contributed by atoms with van der Waals surface area (Å²) in [7, 11) is -3.85. The number of piperidine rings is 1. The molecule has 10 nitrogen and oxygen atoms in total. The highest BCUT2D eigenvalue weighted by Crippen LogP contribution is 2.29. The van der Waals surface area contributed by atoms with Crippen LogP contribution >= 0.6 is 0 Å². The number of alkyl halides is 3. The van der Waals surface area contributed by atoms with Gasteiger partial charge in [0.1, 0.15) is 11.4 Å². The lowest BCUT2D eigenvalue weighted by molar-refractivity contribution is -0.192. The number of aromatic carboxylic acids is 1. The quantitative estimate of drug-likeness (QED) is 0.415. The molecule has 230 valence electrons. The third-order valence-electron chi connectivity index (χ3n) is 7.76. The van der Waals surface area contributed by atoms with Gasteiger partial charge in [-0.2, -0.15) is 13.2 Å². The average molecular weight is 613 g/mol. The van der Waals surface area contributed by atoms with Crippen molar-refractivity contribution in [3.05, 3.63) is 47.2 Å². The lowest BCUT2D eigenvalue weighted by atomic mass is 9.92. The molecular formula is C28H35F3N4O6S. The summed E-state index contributed by atoms with van der Waals surface area (Å²) in [5.41, 5.74) is 2.47. The lowest BCUT2D eigenvalue weighted by Gasteiger charge is -2.36. The van der Waals surface area contributed by atoms with Crippen molar-refractivity contribution >= 4 is 33.5 Å². The first-order valence-electron chi connectivity index (χ1n) is 14.0. The van der Waals surface area contributed by atoms with Crippen molar-refractivity contribution in [3.63, 3.8) is 0 Å². The number of carboxylic acids is 2. The van der Waals surface area contributed by atoms with E-state index in [1.54, 1.807) is 12.1 Å². The second-order valence-corrected chi connectivity index (χ2v) is 12.6. The smallest absolute Gasteiger partial charge is 0.478 e. The molecule has 0 spiro atoms. The van der Waals surface area contributed by atoms with E-state index in [4.69, 9.17) is 9.90 Å². The molecule has 2 fully saturated rings. The Hall–Kier alpha value is -3.39. The van der Waals surface area contributed by atoms with Gasteiger partial charge in [-0.1, -0.05) is 6.07 Å². The van der Waals surface area contributed by atoms with Crippen LogP contribution in [0.2, 0.25) is 0 Å². The number of fused-ring (bicyclic) bond motifs is 1. The Morgan fingerprint density at radius 2 is 1.64 bits per heavy atom. The molecule has 2 aliphatic heterocycles. The molecule has 2 saturated heterocycles. The summed E-state index contributed by atoms with van der Waals surface area (Å²) in [4.78, 5) is 30.2. The van der Waals surface area contributed by atoms with Crippen molar-refractivity contribution in [1.29, 1.82) is 0 Å². The molecule has 0 amide bonds. The monoisotopic (exact) mass is 612 g/mol. The highest BCUT2D eigenvalue weighted by Gasteiger charge is 2.38. The summed E-state index contributed by atoms with van der Waals surface area (Å²) in [5.74, 6) is -2.97. The van der Waals surface area contributed by atoms with Crippen LogP contribution in [-0.4, -0.2) is 79.4 Å². The van der Waals surface area contributed by atoms with Crippen LogP contribution in [-0.2, 0) is 27.7 Å². The average Bonchev–Trinajstić information content (AvgIpc) is 3.45. The molecule has 1 aromatic carbocycles. The standard InChI is InChI=1S/C26H34N4O4S.C2HF3O2/c31-26(32)24-15-22(28-35(33,34)23-10-9-20-7-1-2-8-21(20)14-23)16-27-25(24)30-13-5-6-19(18-30)17-29-11-3-4-12-29;3-2(4,5)1(6)7/h9-10,14-16,19,28H,1-8,11-13,17-18H2,(H,31,32);(H,6,7). The molecule has 3 aliphatic rings. The number of aromatic nitrogens is 1. The van der Waals surface area contributed by atoms with Gasteiger partial charge in [0.25, 0.3) is 10.0 Å². The minimum Gasteiger partial charge on any atom is -0.478 e. The summed E-state index contributed by atoms with van der Waals surface area (Å²) < 4.78 is 60.4. The Labute approximate surface area is 242 Å². The first-order chi connectivity index (χ1) is 19.8. The molecule has 1 atom stereocenters. The topological polar surface area (TPSA) is 140 Å². The predicted octanol–water partition coefficient (Wildman–Crippen LogP) is 4.40. The van der Waals surface area contributed by atoms with Gasteiger partial charge in [0.15, 0.2) is 0 Å². The van der Waals surface area contributed by atoms with E-state index in [1.807, 2.05) is 6.07 Å². The lowest BCUT2D eigenvalue weighted by Crippen LogP contribution is -2.41. The van der Waals surface area contributed by atoms with Gasteiger partial charge in [-0.3, -0.25) is 4.72 Å². The van der Waals surface area contributed by atoms with Crippen molar-refractivity contribution in [2.45, 2.75) is 62.4 Å². The second-order valence-electron chi connectivity index (χ2n) is 10.9. The maximum absolute atomic E-state index is 13.1. The minimum atomic E-state index is -5.08. The molecular weight excluding hydrogens is 577 g/mol. The number of hydrogen-bond donors (Lipinski definition) is 3. The number of rotatable bonds is 7. The van der Waals surface area contributed by atoms with Gasteiger partial charge in [0.2, 0.25) is 0 Å². The summed E-state index contributed by atoms with van der Waals surface area (Å²) >= 11 is 0.